The first kappa shape index (κ1) is 19.2. The van der Waals surface area contributed by atoms with Crippen LogP contribution in [0.2, 0.25) is 4.34 Å². The van der Waals surface area contributed by atoms with E-state index in [0.717, 1.165) is 25.0 Å². The predicted molar refractivity (Wildman–Crippen MR) is 103 cm³/mol. The number of nitrogens with zero attached hydrogens (tertiary/aromatic N) is 1. The van der Waals surface area contributed by atoms with Gasteiger partial charge < -0.3 is 15.0 Å². The van der Waals surface area contributed by atoms with E-state index in [2.05, 4.69) is 21.2 Å². The average molecular weight is 432 g/mol. The van der Waals surface area contributed by atoms with E-state index < -0.39 is 0 Å². The molecule has 0 radical (unpaired) electrons. The lowest BCUT2D eigenvalue weighted by molar-refractivity contribution is -0.129. The summed E-state index contributed by atoms with van der Waals surface area (Å²) in [7, 11) is 3.43. The molecule has 1 heterocycles. The Hall–Kier alpha value is -1.08. The fraction of sp³-hybridized carbons (Fsp3) is 0.353. The molecule has 0 aliphatic rings. The molecule has 0 bridgehead atoms. The van der Waals surface area contributed by atoms with Gasteiger partial charge in [-0.25, -0.2) is 0 Å². The Morgan fingerprint density at radius 1 is 1.42 bits per heavy atom. The van der Waals surface area contributed by atoms with Crippen LogP contribution in [0.25, 0.3) is 0 Å². The molecule has 1 aromatic heterocycles. The molecule has 24 heavy (non-hydrogen) atoms. The summed E-state index contributed by atoms with van der Waals surface area (Å²) in [5.41, 5.74) is 1.09. The van der Waals surface area contributed by atoms with Gasteiger partial charge in [-0.05, 0) is 52.7 Å². The van der Waals surface area contributed by atoms with Gasteiger partial charge in [-0.2, -0.15) is 0 Å². The van der Waals surface area contributed by atoms with E-state index in [-0.39, 0.29) is 18.5 Å². The minimum Gasteiger partial charge on any atom is -0.496 e. The molecule has 0 spiro atoms. The van der Waals surface area contributed by atoms with Gasteiger partial charge in [0.2, 0.25) is 5.91 Å². The van der Waals surface area contributed by atoms with E-state index in [1.807, 2.05) is 37.3 Å². The Bertz CT molecular complexity index is 708. The smallest absolute Gasteiger partial charge is 0.236 e. The lowest BCUT2D eigenvalue weighted by atomic mass is 10.1. The number of carbonyl (C=O) groups excluding carboxylic acids is 1. The molecule has 1 unspecified atom stereocenters. The molecule has 7 heteroatoms. The van der Waals surface area contributed by atoms with Crippen molar-refractivity contribution in [2.24, 2.45) is 0 Å². The maximum absolute atomic E-state index is 12.3. The van der Waals surface area contributed by atoms with Crippen molar-refractivity contribution in [3.63, 3.8) is 0 Å². The topological polar surface area (TPSA) is 41.6 Å². The molecular weight excluding hydrogens is 412 g/mol. The van der Waals surface area contributed by atoms with Crippen molar-refractivity contribution in [1.82, 2.24) is 10.2 Å². The summed E-state index contributed by atoms with van der Waals surface area (Å²) in [5, 5.41) is 3.26. The maximum atomic E-state index is 12.3. The van der Waals surface area contributed by atoms with Crippen LogP contribution in [0.15, 0.2) is 34.8 Å². The molecule has 0 aliphatic carbocycles. The largest absolute Gasteiger partial charge is 0.496 e. The molecule has 0 fully saturated rings. The Morgan fingerprint density at radius 2 is 2.17 bits per heavy atom. The van der Waals surface area contributed by atoms with E-state index in [4.69, 9.17) is 16.3 Å². The summed E-state index contributed by atoms with van der Waals surface area (Å²) < 4.78 is 6.87. The number of rotatable bonds is 7. The Labute approximate surface area is 159 Å². The first-order chi connectivity index (χ1) is 11.4. The second-order valence-electron chi connectivity index (χ2n) is 5.45. The van der Waals surface area contributed by atoms with E-state index in [1.165, 1.54) is 11.3 Å². The van der Waals surface area contributed by atoms with Gasteiger partial charge in [-0.1, -0.05) is 17.7 Å². The van der Waals surface area contributed by atoms with Gasteiger partial charge in [-0.15, -0.1) is 11.3 Å². The molecule has 4 nitrogen and oxygen atoms in total. The molecule has 2 aromatic rings. The van der Waals surface area contributed by atoms with Crippen LogP contribution in [-0.2, 0) is 11.3 Å². The fourth-order valence-electron chi connectivity index (χ4n) is 2.20. The van der Waals surface area contributed by atoms with Crippen molar-refractivity contribution in [2.45, 2.75) is 19.5 Å². The van der Waals surface area contributed by atoms with Gasteiger partial charge in [0, 0.05) is 18.0 Å². The number of benzene rings is 1. The molecule has 0 aliphatic heterocycles. The Balaban J connectivity index is 1.87. The number of ether oxygens (including phenoxy) is 1. The van der Waals surface area contributed by atoms with Gasteiger partial charge in [0.15, 0.2) is 0 Å². The van der Waals surface area contributed by atoms with Crippen LogP contribution < -0.4 is 10.1 Å². The molecule has 0 saturated heterocycles. The number of methoxy groups -OCH3 is 1. The molecule has 1 atom stereocenters. The van der Waals surface area contributed by atoms with Crippen LogP contribution in [-0.4, -0.2) is 31.5 Å². The van der Waals surface area contributed by atoms with Gasteiger partial charge in [0.25, 0.3) is 0 Å². The number of likely N-dealkylation sites (N-methyl/N-ethyl adjacent to an activating group) is 1. The quantitative estimate of drug-likeness (QED) is 0.702. The highest BCUT2D eigenvalue weighted by Crippen LogP contribution is 2.28. The second-order valence-corrected chi connectivity index (χ2v) is 8.11. The SMILES string of the molecule is COc1ccc(C(C)NCC(=O)N(C)Cc2ccc(Cl)s2)cc1Br. The predicted octanol–water partition coefficient (Wildman–Crippen LogP) is 4.48. The Morgan fingerprint density at radius 3 is 2.75 bits per heavy atom. The minimum atomic E-state index is 0.0407. The van der Waals surface area contributed by atoms with Gasteiger partial charge in [0.05, 0.1) is 29.0 Å². The van der Waals surface area contributed by atoms with E-state index in [0.29, 0.717) is 6.54 Å². The number of halogens is 2. The maximum Gasteiger partial charge on any atom is 0.236 e. The number of nitrogens with one attached hydrogen (secondary N) is 1. The number of amides is 1. The standard InChI is InChI=1S/C17H20BrClN2O2S/c1-11(12-4-6-15(23-3)14(18)8-12)20-9-17(22)21(2)10-13-5-7-16(19)24-13/h4-8,11,20H,9-10H2,1-3H3. The zero-order valence-corrected chi connectivity index (χ0v) is 17.0. The lowest BCUT2D eigenvalue weighted by Gasteiger charge is -2.19. The fourth-order valence-corrected chi connectivity index (χ4v) is 3.90. The van der Waals surface area contributed by atoms with Crippen molar-refractivity contribution in [2.75, 3.05) is 20.7 Å². The van der Waals surface area contributed by atoms with E-state index in [9.17, 15) is 4.79 Å². The van der Waals surface area contributed by atoms with Crippen LogP contribution in [0.5, 0.6) is 5.75 Å². The molecule has 2 rings (SSSR count). The van der Waals surface area contributed by atoms with Crippen molar-refractivity contribution in [3.8, 4) is 5.75 Å². The lowest BCUT2D eigenvalue weighted by Crippen LogP contribution is -2.36. The summed E-state index contributed by atoms with van der Waals surface area (Å²) in [5.74, 6) is 0.829. The van der Waals surface area contributed by atoms with Gasteiger partial charge in [0.1, 0.15) is 5.75 Å². The van der Waals surface area contributed by atoms with Crippen LogP contribution in [0.1, 0.15) is 23.4 Å². The molecule has 1 aromatic carbocycles. The monoisotopic (exact) mass is 430 g/mol. The van der Waals surface area contributed by atoms with Crippen molar-refractivity contribution < 1.29 is 9.53 Å². The molecule has 0 saturated carbocycles. The van der Waals surface area contributed by atoms with Crippen LogP contribution >= 0.6 is 38.9 Å². The van der Waals surface area contributed by atoms with Crippen LogP contribution in [0, 0.1) is 0 Å². The molecule has 1 amide bonds. The zero-order chi connectivity index (χ0) is 17.7. The third-order valence-corrected chi connectivity index (χ3v) is 5.52. The number of hydrogen-bond donors (Lipinski definition) is 1. The Kier molecular flexibility index (Phi) is 7.10. The summed E-state index contributed by atoms with van der Waals surface area (Å²) >= 11 is 10.9. The number of thiophene rings is 1. The van der Waals surface area contributed by atoms with Gasteiger partial charge >= 0.3 is 0 Å². The average Bonchev–Trinajstić information content (AvgIpc) is 2.96. The highest BCUT2D eigenvalue weighted by atomic mass is 79.9. The highest BCUT2D eigenvalue weighted by Gasteiger charge is 2.13. The molecule has 1 N–H and O–H groups in total. The molecule has 130 valence electrons. The van der Waals surface area contributed by atoms with Crippen LogP contribution in [0.3, 0.4) is 0 Å². The normalized spacial score (nSPS) is 12.0. The third kappa shape index (κ3) is 5.21. The highest BCUT2D eigenvalue weighted by molar-refractivity contribution is 9.10. The summed E-state index contributed by atoms with van der Waals surface area (Å²) in [6.45, 7) is 2.88. The van der Waals surface area contributed by atoms with E-state index in [1.54, 1.807) is 19.1 Å². The summed E-state index contributed by atoms with van der Waals surface area (Å²) in [6, 6.07) is 9.75. The van der Waals surface area contributed by atoms with Crippen molar-refractivity contribution >= 4 is 44.8 Å². The van der Waals surface area contributed by atoms with E-state index >= 15 is 0 Å². The van der Waals surface area contributed by atoms with Gasteiger partial charge in [-0.3, -0.25) is 4.79 Å². The number of hydrogen-bond acceptors (Lipinski definition) is 4. The first-order valence-electron chi connectivity index (χ1n) is 7.45. The zero-order valence-electron chi connectivity index (χ0n) is 13.8. The summed E-state index contributed by atoms with van der Waals surface area (Å²) in [4.78, 5) is 15.0. The first-order valence-corrected chi connectivity index (χ1v) is 9.44. The second kappa shape index (κ2) is 8.85. The molecular formula is C17H20BrClN2O2S. The summed E-state index contributed by atoms with van der Waals surface area (Å²) in [6.07, 6.45) is 0. The third-order valence-electron chi connectivity index (χ3n) is 3.68. The van der Waals surface area contributed by atoms with Crippen molar-refractivity contribution in [1.29, 1.82) is 0 Å². The number of carbonyl (C=O) groups is 1. The van der Waals surface area contributed by atoms with Crippen molar-refractivity contribution in [3.05, 3.63) is 49.6 Å². The van der Waals surface area contributed by atoms with Crippen LogP contribution in [0.4, 0.5) is 0 Å². The minimum absolute atomic E-state index is 0.0407.